The predicted octanol–water partition coefficient (Wildman–Crippen LogP) is 3.79. The Balaban J connectivity index is 2.16. The van der Waals surface area contributed by atoms with Crippen molar-refractivity contribution < 1.29 is 4.42 Å². The van der Waals surface area contributed by atoms with Crippen LogP contribution in [0.5, 0.6) is 0 Å². The van der Waals surface area contributed by atoms with Gasteiger partial charge in [0.15, 0.2) is 0 Å². The SMILES string of the molecule is Cc1ccccc1-c1nnc(SCC(C)C)o1. The van der Waals surface area contributed by atoms with Crippen LogP contribution in [0.4, 0.5) is 0 Å². The van der Waals surface area contributed by atoms with Crippen LogP contribution in [-0.4, -0.2) is 16.0 Å². The van der Waals surface area contributed by atoms with Gasteiger partial charge in [-0.05, 0) is 24.5 Å². The van der Waals surface area contributed by atoms with Crippen molar-refractivity contribution in [3.8, 4) is 11.5 Å². The summed E-state index contributed by atoms with van der Waals surface area (Å²) in [5, 5.41) is 8.79. The smallest absolute Gasteiger partial charge is 0.276 e. The van der Waals surface area contributed by atoms with Gasteiger partial charge < -0.3 is 4.42 Å². The van der Waals surface area contributed by atoms with E-state index < -0.39 is 0 Å². The zero-order valence-corrected chi connectivity index (χ0v) is 11.1. The third-order valence-electron chi connectivity index (χ3n) is 2.32. The van der Waals surface area contributed by atoms with Crippen molar-refractivity contribution in [2.45, 2.75) is 26.0 Å². The Morgan fingerprint density at radius 3 is 2.71 bits per heavy atom. The standard InChI is InChI=1S/C13H16N2OS/c1-9(2)8-17-13-15-14-12(16-13)11-7-5-4-6-10(11)3/h4-7,9H,8H2,1-3H3. The lowest BCUT2D eigenvalue weighted by atomic mass is 10.1. The summed E-state index contributed by atoms with van der Waals surface area (Å²) in [7, 11) is 0. The van der Waals surface area contributed by atoms with Crippen molar-refractivity contribution in [3.63, 3.8) is 0 Å². The van der Waals surface area contributed by atoms with Gasteiger partial charge in [0.1, 0.15) is 0 Å². The van der Waals surface area contributed by atoms with Crippen molar-refractivity contribution in [3.05, 3.63) is 29.8 Å². The number of hydrogen-bond donors (Lipinski definition) is 0. The Hall–Kier alpha value is -1.29. The maximum Gasteiger partial charge on any atom is 0.276 e. The molecule has 17 heavy (non-hydrogen) atoms. The first kappa shape index (κ1) is 12.2. The number of aromatic nitrogens is 2. The minimum Gasteiger partial charge on any atom is -0.411 e. The quantitative estimate of drug-likeness (QED) is 0.772. The summed E-state index contributed by atoms with van der Waals surface area (Å²) in [4.78, 5) is 0. The van der Waals surface area contributed by atoms with E-state index in [9.17, 15) is 0 Å². The molecule has 0 saturated carbocycles. The van der Waals surface area contributed by atoms with Crippen molar-refractivity contribution in [1.82, 2.24) is 10.2 Å². The number of aryl methyl sites for hydroxylation is 1. The van der Waals surface area contributed by atoms with E-state index in [1.165, 1.54) is 0 Å². The molecule has 0 atom stereocenters. The van der Waals surface area contributed by atoms with Crippen molar-refractivity contribution in [2.24, 2.45) is 5.92 Å². The minimum atomic E-state index is 0.606. The fourth-order valence-corrected chi connectivity index (χ4v) is 2.14. The monoisotopic (exact) mass is 248 g/mol. The minimum absolute atomic E-state index is 0.606. The van der Waals surface area contributed by atoms with Crippen LogP contribution >= 0.6 is 11.8 Å². The van der Waals surface area contributed by atoms with Gasteiger partial charge in [-0.25, -0.2) is 0 Å². The molecule has 0 radical (unpaired) electrons. The number of hydrogen-bond acceptors (Lipinski definition) is 4. The molecule has 0 N–H and O–H groups in total. The van der Waals surface area contributed by atoms with Crippen LogP contribution in [0.2, 0.25) is 0 Å². The fraction of sp³-hybridized carbons (Fsp3) is 0.385. The molecule has 0 bridgehead atoms. The third-order valence-corrected chi connectivity index (χ3v) is 3.57. The summed E-state index contributed by atoms with van der Waals surface area (Å²) < 4.78 is 5.64. The van der Waals surface area contributed by atoms with Crippen LogP contribution in [0.15, 0.2) is 33.9 Å². The van der Waals surface area contributed by atoms with Gasteiger partial charge in [0.25, 0.3) is 5.22 Å². The van der Waals surface area contributed by atoms with Crippen LogP contribution in [0, 0.1) is 12.8 Å². The first-order valence-electron chi connectivity index (χ1n) is 5.69. The average molecular weight is 248 g/mol. The number of thioether (sulfide) groups is 1. The lowest BCUT2D eigenvalue weighted by Gasteiger charge is -2.00. The highest BCUT2D eigenvalue weighted by atomic mass is 32.2. The Labute approximate surface area is 106 Å². The predicted molar refractivity (Wildman–Crippen MR) is 70.0 cm³/mol. The lowest BCUT2D eigenvalue weighted by Crippen LogP contribution is -1.89. The van der Waals surface area contributed by atoms with Crippen LogP contribution in [0.3, 0.4) is 0 Å². The molecule has 3 nitrogen and oxygen atoms in total. The van der Waals surface area contributed by atoms with E-state index in [0.29, 0.717) is 17.0 Å². The Bertz CT molecular complexity index is 494. The van der Waals surface area contributed by atoms with E-state index in [1.807, 2.05) is 31.2 Å². The molecular formula is C13H16N2OS. The van der Waals surface area contributed by atoms with Crippen LogP contribution < -0.4 is 0 Å². The van der Waals surface area contributed by atoms with Gasteiger partial charge in [0.05, 0.1) is 0 Å². The van der Waals surface area contributed by atoms with Gasteiger partial charge in [0, 0.05) is 11.3 Å². The highest BCUT2D eigenvalue weighted by Crippen LogP contribution is 2.26. The molecule has 0 aliphatic carbocycles. The van der Waals surface area contributed by atoms with E-state index in [2.05, 4.69) is 24.0 Å². The summed E-state index contributed by atoms with van der Waals surface area (Å²) in [5.41, 5.74) is 2.16. The van der Waals surface area contributed by atoms with E-state index in [4.69, 9.17) is 4.42 Å². The van der Waals surface area contributed by atoms with E-state index in [0.717, 1.165) is 16.9 Å². The molecule has 1 aromatic carbocycles. The maximum atomic E-state index is 5.64. The fourth-order valence-electron chi connectivity index (χ4n) is 1.43. The van der Waals surface area contributed by atoms with Gasteiger partial charge in [-0.15, -0.1) is 10.2 Å². The molecule has 0 spiro atoms. The molecule has 0 fully saturated rings. The van der Waals surface area contributed by atoms with Gasteiger partial charge in [-0.3, -0.25) is 0 Å². The van der Waals surface area contributed by atoms with E-state index >= 15 is 0 Å². The first-order valence-corrected chi connectivity index (χ1v) is 6.67. The van der Waals surface area contributed by atoms with Crippen LogP contribution in [0.1, 0.15) is 19.4 Å². The van der Waals surface area contributed by atoms with Gasteiger partial charge in [-0.2, -0.15) is 0 Å². The van der Waals surface area contributed by atoms with E-state index in [-0.39, 0.29) is 0 Å². The normalized spacial score (nSPS) is 11.1. The molecule has 0 amide bonds. The summed E-state index contributed by atoms with van der Waals surface area (Å²) >= 11 is 1.61. The zero-order chi connectivity index (χ0) is 12.3. The average Bonchev–Trinajstić information content (AvgIpc) is 2.75. The van der Waals surface area contributed by atoms with Crippen molar-refractivity contribution in [1.29, 1.82) is 0 Å². The number of nitrogens with zero attached hydrogens (tertiary/aromatic N) is 2. The molecule has 2 rings (SSSR count). The highest BCUT2D eigenvalue weighted by Gasteiger charge is 2.10. The molecule has 90 valence electrons. The Morgan fingerprint density at radius 1 is 1.24 bits per heavy atom. The van der Waals surface area contributed by atoms with Crippen LogP contribution in [-0.2, 0) is 0 Å². The zero-order valence-electron chi connectivity index (χ0n) is 10.3. The molecule has 4 heteroatoms. The molecular weight excluding hydrogens is 232 g/mol. The molecule has 0 aliphatic rings. The second-order valence-corrected chi connectivity index (χ2v) is 5.36. The molecule has 2 aromatic rings. The maximum absolute atomic E-state index is 5.64. The van der Waals surface area contributed by atoms with Gasteiger partial charge >= 0.3 is 0 Å². The molecule has 1 aromatic heterocycles. The Morgan fingerprint density at radius 2 is 2.00 bits per heavy atom. The van der Waals surface area contributed by atoms with Crippen molar-refractivity contribution in [2.75, 3.05) is 5.75 Å². The second kappa shape index (κ2) is 5.36. The molecule has 0 aliphatic heterocycles. The van der Waals surface area contributed by atoms with Crippen LogP contribution in [0.25, 0.3) is 11.5 Å². The summed E-state index contributed by atoms with van der Waals surface area (Å²) in [6, 6.07) is 8.03. The number of rotatable bonds is 4. The highest BCUT2D eigenvalue weighted by molar-refractivity contribution is 7.99. The first-order chi connectivity index (χ1) is 8.16. The summed E-state index contributed by atoms with van der Waals surface area (Å²) in [5.74, 6) is 2.22. The summed E-state index contributed by atoms with van der Waals surface area (Å²) in [6.07, 6.45) is 0. The number of benzene rings is 1. The lowest BCUT2D eigenvalue weighted by molar-refractivity contribution is 0.465. The molecule has 0 unspecified atom stereocenters. The topological polar surface area (TPSA) is 38.9 Å². The summed E-state index contributed by atoms with van der Waals surface area (Å²) in [6.45, 7) is 6.39. The largest absolute Gasteiger partial charge is 0.411 e. The molecule has 0 saturated heterocycles. The second-order valence-electron chi connectivity index (χ2n) is 4.39. The molecule has 1 heterocycles. The van der Waals surface area contributed by atoms with Gasteiger partial charge in [-0.1, -0.05) is 43.8 Å². The van der Waals surface area contributed by atoms with Crippen molar-refractivity contribution >= 4 is 11.8 Å². The third kappa shape index (κ3) is 3.09. The van der Waals surface area contributed by atoms with Gasteiger partial charge in [0.2, 0.25) is 5.89 Å². The van der Waals surface area contributed by atoms with E-state index in [1.54, 1.807) is 11.8 Å². The Kier molecular flexibility index (Phi) is 3.84.